The highest BCUT2D eigenvalue weighted by molar-refractivity contribution is 5.87. The van der Waals surface area contributed by atoms with E-state index < -0.39 is 11.5 Å². The van der Waals surface area contributed by atoms with E-state index in [0.29, 0.717) is 24.6 Å². The Labute approximate surface area is 125 Å². The summed E-state index contributed by atoms with van der Waals surface area (Å²) in [5.41, 5.74) is -0.847. The summed E-state index contributed by atoms with van der Waals surface area (Å²) in [5.74, 6) is -0.545. The van der Waals surface area contributed by atoms with Crippen molar-refractivity contribution < 1.29 is 14.7 Å². The van der Waals surface area contributed by atoms with Crippen LogP contribution in [0.1, 0.15) is 32.3 Å². The lowest BCUT2D eigenvalue weighted by molar-refractivity contribution is -0.144. The van der Waals surface area contributed by atoms with Crippen LogP contribution in [-0.2, 0) is 10.3 Å². The van der Waals surface area contributed by atoms with Crippen molar-refractivity contribution in [1.82, 2.24) is 10.2 Å². The SMILES string of the molecule is CCC1CCN(C(=O)NC(C)(C(=O)O)c2ccccc2)C1. The van der Waals surface area contributed by atoms with Gasteiger partial charge in [0.1, 0.15) is 0 Å². The lowest BCUT2D eigenvalue weighted by Crippen LogP contribution is -2.53. The molecule has 1 aliphatic heterocycles. The van der Waals surface area contributed by atoms with Crippen LogP contribution in [0.2, 0.25) is 0 Å². The number of carbonyl (C=O) groups excluding carboxylic acids is 1. The summed E-state index contributed by atoms with van der Waals surface area (Å²) >= 11 is 0. The number of hydrogen-bond acceptors (Lipinski definition) is 2. The van der Waals surface area contributed by atoms with Crippen molar-refractivity contribution in [2.24, 2.45) is 5.92 Å². The van der Waals surface area contributed by atoms with Gasteiger partial charge in [-0.2, -0.15) is 0 Å². The standard InChI is InChI=1S/C16H22N2O3/c1-3-12-9-10-18(11-12)15(21)17-16(2,14(19)20)13-7-5-4-6-8-13/h4-8,12H,3,9-11H2,1-2H3,(H,17,21)(H,19,20). The molecule has 0 saturated carbocycles. The lowest BCUT2D eigenvalue weighted by atomic mass is 9.92. The molecule has 1 heterocycles. The normalized spacial score (nSPS) is 20.9. The molecule has 0 aromatic heterocycles. The highest BCUT2D eigenvalue weighted by atomic mass is 16.4. The third kappa shape index (κ3) is 3.17. The van der Waals surface area contributed by atoms with Gasteiger partial charge in [0.05, 0.1) is 0 Å². The number of carboxylic acids is 1. The topological polar surface area (TPSA) is 69.6 Å². The molecule has 1 aromatic rings. The first kappa shape index (κ1) is 15.4. The maximum Gasteiger partial charge on any atom is 0.333 e. The van der Waals surface area contributed by atoms with Gasteiger partial charge in [0.2, 0.25) is 0 Å². The molecule has 2 amide bonds. The molecule has 0 bridgehead atoms. The fourth-order valence-corrected chi connectivity index (χ4v) is 2.66. The molecular formula is C16H22N2O3. The molecule has 5 nitrogen and oxygen atoms in total. The molecule has 2 N–H and O–H groups in total. The van der Waals surface area contributed by atoms with E-state index in [9.17, 15) is 14.7 Å². The third-order valence-electron chi connectivity index (χ3n) is 4.29. The number of benzene rings is 1. The van der Waals surface area contributed by atoms with Gasteiger partial charge >= 0.3 is 12.0 Å². The van der Waals surface area contributed by atoms with Crippen molar-refractivity contribution in [3.8, 4) is 0 Å². The van der Waals surface area contributed by atoms with Gasteiger partial charge < -0.3 is 15.3 Å². The minimum Gasteiger partial charge on any atom is -0.479 e. The molecule has 0 radical (unpaired) electrons. The van der Waals surface area contributed by atoms with E-state index >= 15 is 0 Å². The molecule has 1 saturated heterocycles. The predicted molar refractivity (Wildman–Crippen MR) is 79.9 cm³/mol. The van der Waals surface area contributed by atoms with E-state index in [1.807, 2.05) is 6.07 Å². The first-order valence-corrected chi connectivity index (χ1v) is 7.33. The largest absolute Gasteiger partial charge is 0.479 e. The van der Waals surface area contributed by atoms with Gasteiger partial charge in [0, 0.05) is 13.1 Å². The van der Waals surface area contributed by atoms with Crippen molar-refractivity contribution >= 4 is 12.0 Å². The molecule has 2 rings (SSSR count). The molecule has 5 heteroatoms. The van der Waals surface area contributed by atoms with Crippen LogP contribution in [0.15, 0.2) is 30.3 Å². The van der Waals surface area contributed by atoms with Crippen LogP contribution < -0.4 is 5.32 Å². The number of likely N-dealkylation sites (tertiary alicyclic amines) is 1. The Morgan fingerprint density at radius 3 is 2.57 bits per heavy atom. The Hall–Kier alpha value is -2.04. The fraction of sp³-hybridized carbons (Fsp3) is 0.500. The van der Waals surface area contributed by atoms with Crippen molar-refractivity contribution in [3.63, 3.8) is 0 Å². The second kappa shape index (κ2) is 6.16. The van der Waals surface area contributed by atoms with Crippen molar-refractivity contribution in [2.75, 3.05) is 13.1 Å². The van der Waals surface area contributed by atoms with Gasteiger partial charge in [-0.15, -0.1) is 0 Å². The molecule has 1 aliphatic rings. The zero-order valence-electron chi connectivity index (χ0n) is 12.5. The quantitative estimate of drug-likeness (QED) is 0.894. The van der Waals surface area contributed by atoms with Crippen LogP contribution >= 0.6 is 0 Å². The number of carbonyl (C=O) groups is 2. The van der Waals surface area contributed by atoms with Crippen molar-refractivity contribution in [3.05, 3.63) is 35.9 Å². The maximum absolute atomic E-state index is 12.4. The Kier molecular flexibility index (Phi) is 4.50. The molecule has 1 fully saturated rings. The lowest BCUT2D eigenvalue weighted by Gasteiger charge is -2.29. The Morgan fingerprint density at radius 1 is 1.38 bits per heavy atom. The van der Waals surface area contributed by atoms with Gasteiger partial charge in [-0.25, -0.2) is 9.59 Å². The monoisotopic (exact) mass is 290 g/mol. The number of nitrogens with zero attached hydrogens (tertiary/aromatic N) is 1. The number of amides is 2. The molecule has 2 atom stereocenters. The second-order valence-electron chi connectivity index (χ2n) is 5.74. The van der Waals surface area contributed by atoms with Crippen molar-refractivity contribution in [1.29, 1.82) is 0 Å². The van der Waals surface area contributed by atoms with Crippen LogP contribution in [0.4, 0.5) is 4.79 Å². The van der Waals surface area contributed by atoms with Crippen molar-refractivity contribution in [2.45, 2.75) is 32.2 Å². The number of aliphatic carboxylic acids is 1. The summed E-state index contributed by atoms with van der Waals surface area (Å²) < 4.78 is 0. The molecule has 21 heavy (non-hydrogen) atoms. The Morgan fingerprint density at radius 2 is 2.05 bits per heavy atom. The van der Waals surface area contributed by atoms with E-state index in [1.165, 1.54) is 6.92 Å². The summed E-state index contributed by atoms with van der Waals surface area (Å²) in [5, 5.41) is 12.2. The summed E-state index contributed by atoms with van der Waals surface area (Å²) in [6.45, 7) is 5.02. The fourth-order valence-electron chi connectivity index (χ4n) is 2.66. The minimum atomic E-state index is -1.41. The van der Waals surface area contributed by atoms with Crippen LogP contribution in [0.5, 0.6) is 0 Å². The average molecular weight is 290 g/mol. The van der Waals surface area contributed by atoms with Crippen LogP contribution in [0, 0.1) is 5.92 Å². The Balaban J connectivity index is 2.14. The average Bonchev–Trinajstić information content (AvgIpc) is 2.97. The van der Waals surface area contributed by atoms with E-state index in [1.54, 1.807) is 29.2 Å². The summed E-state index contributed by atoms with van der Waals surface area (Å²) in [6.07, 6.45) is 2.03. The number of nitrogens with one attached hydrogen (secondary N) is 1. The van der Waals surface area contributed by atoms with Gasteiger partial charge in [-0.05, 0) is 24.8 Å². The molecule has 1 aromatic carbocycles. The molecule has 0 spiro atoms. The molecule has 0 aliphatic carbocycles. The van der Waals surface area contributed by atoms with E-state index in [4.69, 9.17) is 0 Å². The van der Waals surface area contributed by atoms with Gasteiger partial charge in [-0.1, -0.05) is 43.7 Å². The molecule has 2 unspecified atom stereocenters. The number of hydrogen-bond donors (Lipinski definition) is 2. The maximum atomic E-state index is 12.4. The summed E-state index contributed by atoms with van der Waals surface area (Å²) in [4.78, 5) is 25.7. The first-order chi connectivity index (χ1) is 9.97. The zero-order valence-corrected chi connectivity index (χ0v) is 12.5. The van der Waals surface area contributed by atoms with Crippen LogP contribution in [0.25, 0.3) is 0 Å². The number of rotatable bonds is 4. The van der Waals surface area contributed by atoms with Gasteiger partial charge in [0.25, 0.3) is 0 Å². The molecule has 114 valence electrons. The van der Waals surface area contributed by atoms with Gasteiger partial charge in [0.15, 0.2) is 5.54 Å². The number of urea groups is 1. The summed E-state index contributed by atoms with van der Waals surface area (Å²) in [7, 11) is 0. The third-order valence-corrected chi connectivity index (χ3v) is 4.29. The van der Waals surface area contributed by atoms with E-state index in [-0.39, 0.29) is 6.03 Å². The second-order valence-corrected chi connectivity index (χ2v) is 5.74. The Bertz CT molecular complexity index is 518. The predicted octanol–water partition coefficient (Wildman–Crippen LogP) is 2.43. The molecular weight excluding hydrogens is 268 g/mol. The highest BCUT2D eigenvalue weighted by Crippen LogP contribution is 2.23. The number of carboxylic acid groups (broad SMARTS) is 1. The zero-order chi connectivity index (χ0) is 15.5. The van der Waals surface area contributed by atoms with Crippen LogP contribution in [-0.4, -0.2) is 35.1 Å². The van der Waals surface area contributed by atoms with Crippen LogP contribution in [0.3, 0.4) is 0 Å². The summed E-state index contributed by atoms with van der Waals surface area (Å²) in [6, 6.07) is 8.48. The highest BCUT2D eigenvalue weighted by Gasteiger charge is 2.38. The van der Waals surface area contributed by atoms with E-state index in [0.717, 1.165) is 12.8 Å². The smallest absolute Gasteiger partial charge is 0.333 e. The minimum absolute atomic E-state index is 0.306. The van der Waals surface area contributed by atoms with Gasteiger partial charge in [-0.3, -0.25) is 0 Å². The van der Waals surface area contributed by atoms with E-state index in [2.05, 4.69) is 12.2 Å². The first-order valence-electron chi connectivity index (χ1n) is 7.33.